The van der Waals surface area contributed by atoms with Crippen molar-refractivity contribution in [3.05, 3.63) is 39.8 Å². The Balaban J connectivity index is 2.66. The van der Waals surface area contributed by atoms with Crippen LogP contribution in [0.5, 0.6) is 5.75 Å². The molecule has 1 heterocycles. The minimum atomic E-state index is -4.77. The molecule has 1 aromatic heterocycles. The van der Waals surface area contributed by atoms with Gasteiger partial charge in [-0.15, -0.1) is 0 Å². The molecule has 0 aliphatic rings. The Labute approximate surface area is 150 Å². The molecule has 2 rings (SSSR count). The first kappa shape index (κ1) is 20.5. The first-order chi connectivity index (χ1) is 12.3. The number of rotatable bonds is 5. The molecule has 0 amide bonds. The molecular weight excluding hydrogens is 374 g/mol. The number of nitrogens with zero attached hydrogens (tertiary/aromatic N) is 3. The summed E-state index contributed by atoms with van der Waals surface area (Å²) in [6, 6.07) is 0.916. The van der Waals surface area contributed by atoms with Crippen LogP contribution in [-0.4, -0.2) is 37.7 Å². The zero-order valence-corrected chi connectivity index (χ0v) is 14.8. The summed E-state index contributed by atoms with van der Waals surface area (Å²) in [7, 11) is 0. The van der Waals surface area contributed by atoms with Gasteiger partial charge < -0.3 is 9.84 Å². The molecule has 0 bridgehead atoms. The summed E-state index contributed by atoms with van der Waals surface area (Å²) in [5, 5.41) is 13.0. The van der Waals surface area contributed by atoms with E-state index in [0.717, 1.165) is 6.07 Å². The van der Waals surface area contributed by atoms with Gasteiger partial charge in [0.2, 0.25) is 0 Å². The van der Waals surface area contributed by atoms with Crippen LogP contribution in [0.2, 0.25) is 0 Å². The fourth-order valence-corrected chi connectivity index (χ4v) is 2.45. The van der Waals surface area contributed by atoms with E-state index in [-0.39, 0.29) is 11.9 Å². The summed E-state index contributed by atoms with van der Waals surface area (Å²) in [6.45, 7) is 5.58. The summed E-state index contributed by atoms with van der Waals surface area (Å²) in [5.41, 5.74) is -2.04. The average molecular weight is 391 g/mol. The minimum absolute atomic E-state index is 0.253. The molecule has 7 nitrogen and oxygen atoms in total. The molecule has 0 aliphatic carbocycles. The van der Waals surface area contributed by atoms with E-state index in [9.17, 15) is 27.2 Å². The largest absolute Gasteiger partial charge is 0.480 e. The van der Waals surface area contributed by atoms with Gasteiger partial charge in [-0.2, -0.15) is 23.0 Å². The van der Waals surface area contributed by atoms with Gasteiger partial charge in [0.25, 0.3) is 0 Å². The number of aromatic nitrogens is 3. The molecule has 0 radical (unpaired) electrons. The van der Waals surface area contributed by atoms with Crippen molar-refractivity contribution in [2.24, 2.45) is 0 Å². The zero-order chi connectivity index (χ0) is 20.7. The van der Waals surface area contributed by atoms with Crippen molar-refractivity contribution in [3.63, 3.8) is 0 Å². The highest BCUT2D eigenvalue weighted by molar-refractivity contribution is 5.91. The van der Waals surface area contributed by atoms with Gasteiger partial charge in [-0.25, -0.2) is 14.0 Å². The van der Waals surface area contributed by atoms with E-state index in [1.54, 1.807) is 13.8 Å². The van der Waals surface area contributed by atoms with Crippen molar-refractivity contribution in [3.8, 4) is 11.4 Å². The molecular formula is C16H17F4N3O4. The molecule has 27 heavy (non-hydrogen) atoms. The van der Waals surface area contributed by atoms with Crippen LogP contribution >= 0.6 is 0 Å². The molecule has 0 saturated carbocycles. The van der Waals surface area contributed by atoms with Crippen molar-refractivity contribution in [2.45, 2.75) is 46.0 Å². The Hall–Kier alpha value is -2.85. The van der Waals surface area contributed by atoms with Crippen molar-refractivity contribution in [1.82, 2.24) is 14.3 Å². The lowest BCUT2D eigenvalue weighted by atomic mass is 10.1. The summed E-state index contributed by atoms with van der Waals surface area (Å²) in [4.78, 5) is 23.7. The molecule has 0 spiro atoms. The number of ether oxygens (including phenoxy) is 1. The first-order valence-electron chi connectivity index (χ1n) is 7.83. The van der Waals surface area contributed by atoms with Crippen LogP contribution < -0.4 is 10.4 Å². The van der Waals surface area contributed by atoms with Gasteiger partial charge >= 0.3 is 17.8 Å². The lowest BCUT2D eigenvalue weighted by Gasteiger charge is -2.19. The van der Waals surface area contributed by atoms with Gasteiger partial charge in [0.15, 0.2) is 6.10 Å². The normalized spacial score (nSPS) is 13.1. The van der Waals surface area contributed by atoms with Gasteiger partial charge in [0.1, 0.15) is 28.6 Å². The highest BCUT2D eigenvalue weighted by Gasteiger charge is 2.39. The quantitative estimate of drug-likeness (QED) is 0.792. The van der Waals surface area contributed by atoms with E-state index in [4.69, 9.17) is 9.84 Å². The Bertz CT molecular complexity index is 931. The second kappa shape index (κ2) is 7.05. The number of benzene rings is 1. The van der Waals surface area contributed by atoms with Crippen LogP contribution in [0.3, 0.4) is 0 Å². The molecule has 1 aromatic carbocycles. The molecule has 0 saturated heterocycles. The van der Waals surface area contributed by atoms with E-state index in [1.807, 2.05) is 0 Å². The minimum Gasteiger partial charge on any atom is -0.480 e. The number of carboxylic acids is 1. The maximum atomic E-state index is 14.4. The number of halogens is 4. The highest BCUT2D eigenvalue weighted by Crippen LogP contribution is 2.30. The predicted molar refractivity (Wildman–Crippen MR) is 86.0 cm³/mol. The highest BCUT2D eigenvalue weighted by atomic mass is 19.4. The van der Waals surface area contributed by atoms with Gasteiger partial charge in [0, 0.05) is 12.1 Å². The fourth-order valence-electron chi connectivity index (χ4n) is 2.45. The van der Waals surface area contributed by atoms with Crippen LogP contribution in [0.25, 0.3) is 5.69 Å². The average Bonchev–Trinajstić information content (AvgIpc) is 2.82. The van der Waals surface area contributed by atoms with Gasteiger partial charge in [0.05, 0.1) is 0 Å². The number of alkyl halides is 3. The van der Waals surface area contributed by atoms with Crippen LogP contribution in [-0.2, 0) is 0 Å². The van der Waals surface area contributed by atoms with E-state index in [0.29, 0.717) is 17.7 Å². The molecule has 0 aliphatic heterocycles. The lowest BCUT2D eigenvalue weighted by molar-refractivity contribution is -0.189. The van der Waals surface area contributed by atoms with E-state index >= 15 is 0 Å². The smallest absolute Gasteiger partial charge is 0.425 e. The number of aryl methyl sites for hydroxylation is 1. The number of aromatic carboxylic acids is 1. The van der Waals surface area contributed by atoms with Gasteiger partial charge in [-0.3, -0.25) is 4.57 Å². The Morgan fingerprint density at radius 2 is 1.85 bits per heavy atom. The Morgan fingerprint density at radius 3 is 2.30 bits per heavy atom. The number of hydrogen-bond donors (Lipinski definition) is 1. The Kier molecular flexibility index (Phi) is 5.34. The molecule has 0 unspecified atom stereocenters. The summed E-state index contributed by atoms with van der Waals surface area (Å²) < 4.78 is 59.3. The molecule has 0 fully saturated rings. The number of carboxylic acid groups (broad SMARTS) is 1. The molecule has 1 atom stereocenters. The third kappa shape index (κ3) is 3.96. The maximum absolute atomic E-state index is 14.4. The third-order valence-electron chi connectivity index (χ3n) is 3.77. The van der Waals surface area contributed by atoms with Crippen LogP contribution in [0.15, 0.2) is 16.9 Å². The lowest BCUT2D eigenvalue weighted by Crippen LogP contribution is -2.32. The molecule has 1 N–H and O–H groups in total. The molecule has 148 valence electrons. The van der Waals surface area contributed by atoms with E-state index in [1.165, 1.54) is 11.5 Å². The zero-order valence-electron chi connectivity index (χ0n) is 14.8. The second-order valence-electron chi connectivity index (χ2n) is 6.11. The second-order valence-corrected chi connectivity index (χ2v) is 6.11. The van der Waals surface area contributed by atoms with Crippen molar-refractivity contribution in [1.29, 1.82) is 0 Å². The Morgan fingerprint density at radius 1 is 1.26 bits per heavy atom. The summed E-state index contributed by atoms with van der Waals surface area (Å²) >= 11 is 0. The molecule has 11 heteroatoms. The fraction of sp³-hybridized carbons (Fsp3) is 0.438. The SMILES string of the molecule is Cc1nn(-c2cc(O[C@@H](C)C(F)(F)F)c(C(=O)O)cc2F)c(=O)n1C(C)C. The van der Waals surface area contributed by atoms with Crippen LogP contribution in [0.1, 0.15) is 43.0 Å². The van der Waals surface area contributed by atoms with Gasteiger partial charge in [-0.05, 0) is 33.8 Å². The first-order valence-corrected chi connectivity index (χ1v) is 7.83. The topological polar surface area (TPSA) is 86.4 Å². The van der Waals surface area contributed by atoms with Crippen molar-refractivity contribution < 1.29 is 32.2 Å². The maximum Gasteiger partial charge on any atom is 0.425 e. The van der Waals surface area contributed by atoms with E-state index in [2.05, 4.69) is 5.10 Å². The monoisotopic (exact) mass is 391 g/mol. The molecule has 2 aromatic rings. The standard InChI is InChI=1S/C16H17F4N3O4/c1-7(2)22-9(4)21-23(15(22)26)12-6-13(27-8(3)16(18,19)20)10(14(24)25)5-11(12)17/h5-8H,1-4H3,(H,24,25)/t8-/m0/s1. The summed E-state index contributed by atoms with van der Waals surface area (Å²) in [6.07, 6.45) is -7.11. The van der Waals surface area contributed by atoms with Crippen molar-refractivity contribution in [2.75, 3.05) is 0 Å². The number of carbonyl (C=O) groups is 1. The van der Waals surface area contributed by atoms with Crippen LogP contribution in [0.4, 0.5) is 17.6 Å². The third-order valence-corrected chi connectivity index (χ3v) is 3.77. The van der Waals surface area contributed by atoms with Crippen LogP contribution in [0, 0.1) is 12.7 Å². The summed E-state index contributed by atoms with van der Waals surface area (Å²) in [5.74, 6) is -3.30. The van der Waals surface area contributed by atoms with Gasteiger partial charge in [-0.1, -0.05) is 0 Å². The van der Waals surface area contributed by atoms with E-state index < -0.39 is 46.8 Å². The number of hydrogen-bond acceptors (Lipinski definition) is 4. The predicted octanol–water partition coefficient (Wildman–Crippen LogP) is 3.09. The van der Waals surface area contributed by atoms with Crippen molar-refractivity contribution >= 4 is 5.97 Å².